The van der Waals surface area contributed by atoms with Crippen molar-refractivity contribution in [2.45, 2.75) is 13.0 Å². The van der Waals surface area contributed by atoms with Crippen molar-refractivity contribution in [3.8, 4) is 0 Å². The molecule has 0 saturated carbocycles. The van der Waals surface area contributed by atoms with E-state index in [-0.39, 0.29) is 6.42 Å². The summed E-state index contributed by atoms with van der Waals surface area (Å²) >= 11 is 0. The van der Waals surface area contributed by atoms with Crippen molar-refractivity contribution < 1.29 is 14.6 Å². The molecule has 1 aromatic carbocycles. The minimum atomic E-state index is -0.801. The van der Waals surface area contributed by atoms with Gasteiger partial charge in [-0.05, 0) is 11.1 Å². The first-order valence-corrected chi connectivity index (χ1v) is 5.21. The lowest BCUT2D eigenvalue weighted by Crippen LogP contribution is -2.18. The second kappa shape index (κ2) is 6.98. The van der Waals surface area contributed by atoms with Gasteiger partial charge in [0.15, 0.2) is 0 Å². The van der Waals surface area contributed by atoms with Crippen LogP contribution in [0.2, 0.25) is 0 Å². The molecule has 0 aromatic heterocycles. The van der Waals surface area contributed by atoms with Crippen molar-refractivity contribution in [3.05, 3.63) is 35.4 Å². The molecule has 88 valence electrons. The first-order valence-electron chi connectivity index (χ1n) is 5.21. The van der Waals surface area contributed by atoms with Gasteiger partial charge in [-0.2, -0.15) is 0 Å². The summed E-state index contributed by atoms with van der Waals surface area (Å²) in [6.07, 6.45) is 0.0753. The number of ether oxygens (including phenoxy) is 1. The van der Waals surface area contributed by atoms with Gasteiger partial charge in [0.25, 0.3) is 0 Å². The molecule has 0 radical (unpaired) electrons. The molecule has 0 spiro atoms. The maximum absolute atomic E-state index is 10.5. The van der Waals surface area contributed by atoms with Gasteiger partial charge in [0, 0.05) is 20.2 Å². The van der Waals surface area contributed by atoms with Crippen LogP contribution in [0.25, 0.3) is 0 Å². The van der Waals surface area contributed by atoms with Crippen LogP contribution < -0.4 is 5.32 Å². The highest BCUT2D eigenvalue weighted by Crippen LogP contribution is 2.05. The topological polar surface area (TPSA) is 58.6 Å². The molecule has 0 aliphatic rings. The number of nitrogens with one attached hydrogen (secondary N) is 1. The van der Waals surface area contributed by atoms with Crippen LogP contribution in [-0.4, -0.2) is 31.3 Å². The van der Waals surface area contributed by atoms with Crippen LogP contribution in [0.15, 0.2) is 24.3 Å². The third-order valence-electron chi connectivity index (χ3n) is 2.16. The Kier molecular flexibility index (Phi) is 5.53. The number of methoxy groups -OCH3 is 1. The molecule has 2 N–H and O–H groups in total. The molecule has 0 saturated heterocycles. The first kappa shape index (κ1) is 12.7. The van der Waals surface area contributed by atoms with Crippen molar-refractivity contribution >= 4 is 5.97 Å². The molecule has 0 fully saturated rings. The normalized spacial score (nSPS) is 10.3. The predicted molar refractivity (Wildman–Crippen MR) is 61.4 cm³/mol. The van der Waals surface area contributed by atoms with Crippen LogP contribution in [0.4, 0.5) is 0 Å². The van der Waals surface area contributed by atoms with Crippen LogP contribution in [0.3, 0.4) is 0 Å². The van der Waals surface area contributed by atoms with Crippen LogP contribution >= 0.6 is 0 Å². The monoisotopic (exact) mass is 223 g/mol. The summed E-state index contributed by atoms with van der Waals surface area (Å²) in [6, 6.07) is 7.59. The SMILES string of the molecule is COCCNCc1cccc(CC(=O)O)c1. The summed E-state index contributed by atoms with van der Waals surface area (Å²) in [6.45, 7) is 2.20. The molecule has 0 aliphatic heterocycles. The molecule has 0 atom stereocenters. The van der Waals surface area contributed by atoms with E-state index in [1.165, 1.54) is 0 Å². The van der Waals surface area contributed by atoms with Crippen LogP contribution in [0, 0.1) is 0 Å². The van der Waals surface area contributed by atoms with Gasteiger partial charge in [0.05, 0.1) is 13.0 Å². The van der Waals surface area contributed by atoms with Crippen molar-refractivity contribution in [3.63, 3.8) is 0 Å². The zero-order valence-electron chi connectivity index (χ0n) is 9.40. The number of carboxylic acid groups (broad SMARTS) is 1. The molecule has 1 rings (SSSR count). The molecule has 0 unspecified atom stereocenters. The number of benzene rings is 1. The van der Waals surface area contributed by atoms with E-state index >= 15 is 0 Å². The number of hydrogen-bond acceptors (Lipinski definition) is 3. The second-order valence-electron chi connectivity index (χ2n) is 3.56. The molecule has 4 heteroatoms. The molecule has 0 heterocycles. The highest BCUT2D eigenvalue weighted by molar-refractivity contribution is 5.70. The van der Waals surface area contributed by atoms with Gasteiger partial charge in [-0.25, -0.2) is 0 Å². The van der Waals surface area contributed by atoms with Crippen molar-refractivity contribution in [2.24, 2.45) is 0 Å². The van der Waals surface area contributed by atoms with Gasteiger partial charge in [-0.3, -0.25) is 4.79 Å². The molecule has 0 bridgehead atoms. The number of aliphatic carboxylic acids is 1. The summed E-state index contributed by atoms with van der Waals surface area (Å²) in [4.78, 5) is 10.5. The van der Waals surface area contributed by atoms with Gasteiger partial charge < -0.3 is 15.2 Å². The Morgan fingerprint density at radius 3 is 2.88 bits per heavy atom. The Bertz CT molecular complexity index is 339. The summed E-state index contributed by atoms with van der Waals surface area (Å²) in [5, 5.41) is 11.9. The van der Waals surface area contributed by atoms with Gasteiger partial charge in [0.2, 0.25) is 0 Å². The van der Waals surface area contributed by atoms with Crippen molar-refractivity contribution in [1.29, 1.82) is 0 Å². The highest BCUT2D eigenvalue weighted by Gasteiger charge is 2.01. The lowest BCUT2D eigenvalue weighted by Gasteiger charge is -2.05. The van der Waals surface area contributed by atoms with Gasteiger partial charge in [-0.15, -0.1) is 0 Å². The smallest absolute Gasteiger partial charge is 0.307 e. The van der Waals surface area contributed by atoms with E-state index in [9.17, 15) is 4.79 Å². The molecular weight excluding hydrogens is 206 g/mol. The predicted octanol–water partition coefficient (Wildman–Crippen LogP) is 1.05. The Labute approximate surface area is 95.2 Å². The van der Waals surface area contributed by atoms with Crippen LogP contribution in [0.1, 0.15) is 11.1 Å². The van der Waals surface area contributed by atoms with Crippen molar-refractivity contribution in [1.82, 2.24) is 5.32 Å². The molecule has 16 heavy (non-hydrogen) atoms. The summed E-state index contributed by atoms with van der Waals surface area (Å²) < 4.78 is 4.92. The van der Waals surface area contributed by atoms with E-state index in [1.807, 2.05) is 24.3 Å². The standard InChI is InChI=1S/C12H17NO3/c1-16-6-5-13-9-11-4-2-3-10(7-11)8-12(14)15/h2-4,7,13H,5-6,8-9H2,1H3,(H,14,15). The summed E-state index contributed by atoms with van der Waals surface area (Å²) in [7, 11) is 1.66. The van der Waals surface area contributed by atoms with Crippen molar-refractivity contribution in [2.75, 3.05) is 20.3 Å². The van der Waals surface area contributed by atoms with Crippen LogP contribution in [-0.2, 0) is 22.5 Å². The molecular formula is C12H17NO3. The van der Waals surface area contributed by atoms with E-state index in [0.717, 1.165) is 24.2 Å². The van der Waals surface area contributed by atoms with E-state index in [0.29, 0.717) is 6.61 Å². The minimum Gasteiger partial charge on any atom is -0.481 e. The third kappa shape index (κ3) is 4.91. The molecule has 0 aliphatic carbocycles. The number of carbonyl (C=O) groups is 1. The summed E-state index contributed by atoms with van der Waals surface area (Å²) in [5.41, 5.74) is 1.92. The van der Waals surface area contributed by atoms with Gasteiger partial charge >= 0.3 is 5.97 Å². The van der Waals surface area contributed by atoms with E-state index in [4.69, 9.17) is 9.84 Å². The lowest BCUT2D eigenvalue weighted by molar-refractivity contribution is -0.136. The highest BCUT2D eigenvalue weighted by atomic mass is 16.5. The average Bonchev–Trinajstić information content (AvgIpc) is 2.24. The molecule has 0 amide bonds. The quantitative estimate of drug-likeness (QED) is 0.678. The number of hydrogen-bond donors (Lipinski definition) is 2. The third-order valence-corrected chi connectivity index (χ3v) is 2.16. The maximum atomic E-state index is 10.5. The van der Waals surface area contributed by atoms with E-state index < -0.39 is 5.97 Å². The average molecular weight is 223 g/mol. The van der Waals surface area contributed by atoms with E-state index in [1.54, 1.807) is 7.11 Å². The Hall–Kier alpha value is -1.39. The first-order chi connectivity index (χ1) is 7.72. The Balaban J connectivity index is 2.44. The summed E-state index contributed by atoms with van der Waals surface area (Å²) in [5.74, 6) is -0.801. The zero-order valence-corrected chi connectivity index (χ0v) is 9.40. The Morgan fingerprint density at radius 2 is 2.19 bits per heavy atom. The molecule has 1 aromatic rings. The number of carboxylic acids is 1. The lowest BCUT2D eigenvalue weighted by atomic mass is 10.1. The van der Waals surface area contributed by atoms with Gasteiger partial charge in [-0.1, -0.05) is 24.3 Å². The van der Waals surface area contributed by atoms with E-state index in [2.05, 4.69) is 5.32 Å². The second-order valence-corrected chi connectivity index (χ2v) is 3.56. The van der Waals surface area contributed by atoms with Gasteiger partial charge in [0.1, 0.15) is 0 Å². The fourth-order valence-corrected chi connectivity index (χ4v) is 1.43. The Morgan fingerprint density at radius 1 is 1.44 bits per heavy atom. The number of rotatable bonds is 7. The fraction of sp³-hybridized carbons (Fsp3) is 0.417. The maximum Gasteiger partial charge on any atom is 0.307 e. The fourth-order valence-electron chi connectivity index (χ4n) is 1.43. The molecule has 4 nitrogen and oxygen atoms in total. The minimum absolute atomic E-state index is 0.0753. The van der Waals surface area contributed by atoms with Crippen LogP contribution in [0.5, 0.6) is 0 Å². The zero-order chi connectivity index (χ0) is 11.8. The largest absolute Gasteiger partial charge is 0.481 e.